The number of carbonyl (C=O) groups excluding carboxylic acids is 1. The summed E-state index contributed by atoms with van der Waals surface area (Å²) in [5, 5.41) is 0. The number of carbonyl (C=O) groups is 1. The second-order valence-corrected chi connectivity index (χ2v) is 6.07. The van der Waals surface area contributed by atoms with Crippen LogP contribution in [-0.4, -0.2) is 40.9 Å². The molecule has 2 aliphatic rings. The Morgan fingerprint density at radius 1 is 1.30 bits per heavy atom. The van der Waals surface area contributed by atoms with Crippen LogP contribution in [0.25, 0.3) is 0 Å². The molecule has 2 fully saturated rings. The molecular weight excluding hydrogens is 252 g/mol. The second kappa shape index (κ2) is 5.60. The van der Waals surface area contributed by atoms with Crippen molar-refractivity contribution in [2.24, 2.45) is 0 Å². The molecular formula is C16H24N2O2. The number of nitrogens with zero attached hydrogens (tertiary/aromatic N) is 2. The average Bonchev–Trinajstić information content (AvgIpc) is 2.99. The third-order valence-corrected chi connectivity index (χ3v) is 4.96. The van der Waals surface area contributed by atoms with Crippen LogP contribution >= 0.6 is 0 Å². The van der Waals surface area contributed by atoms with Gasteiger partial charge in [0.15, 0.2) is 0 Å². The highest BCUT2D eigenvalue weighted by molar-refractivity contribution is 5.79. The van der Waals surface area contributed by atoms with Crippen LogP contribution in [0.4, 0.5) is 0 Å². The van der Waals surface area contributed by atoms with Gasteiger partial charge in [-0.1, -0.05) is 0 Å². The molecule has 110 valence electrons. The molecule has 0 aromatic carbocycles. The Morgan fingerprint density at radius 3 is 2.95 bits per heavy atom. The Kier molecular flexibility index (Phi) is 3.83. The van der Waals surface area contributed by atoms with Crippen molar-refractivity contribution in [1.82, 2.24) is 9.80 Å². The predicted octanol–water partition coefficient (Wildman–Crippen LogP) is 2.65. The van der Waals surface area contributed by atoms with E-state index in [2.05, 4.69) is 16.7 Å². The summed E-state index contributed by atoms with van der Waals surface area (Å²) >= 11 is 0. The largest absolute Gasteiger partial charge is 0.468 e. The van der Waals surface area contributed by atoms with Gasteiger partial charge in [0.25, 0.3) is 0 Å². The van der Waals surface area contributed by atoms with E-state index in [4.69, 9.17) is 4.42 Å². The van der Waals surface area contributed by atoms with Gasteiger partial charge in [0, 0.05) is 25.0 Å². The summed E-state index contributed by atoms with van der Waals surface area (Å²) in [5.74, 6) is 1.39. The smallest absolute Gasteiger partial charge is 0.223 e. The van der Waals surface area contributed by atoms with Crippen molar-refractivity contribution in [2.45, 2.75) is 51.1 Å². The number of hydrogen-bond acceptors (Lipinski definition) is 3. The lowest BCUT2D eigenvalue weighted by Gasteiger charge is -2.37. The van der Waals surface area contributed by atoms with E-state index in [-0.39, 0.29) is 5.54 Å². The fraction of sp³-hybridized carbons (Fsp3) is 0.688. The first-order chi connectivity index (χ1) is 9.73. The third-order valence-electron chi connectivity index (χ3n) is 4.96. The van der Waals surface area contributed by atoms with Crippen molar-refractivity contribution >= 4 is 5.91 Å². The monoisotopic (exact) mass is 276 g/mol. The maximum absolute atomic E-state index is 12.0. The van der Waals surface area contributed by atoms with E-state index in [1.54, 1.807) is 6.26 Å². The Balaban J connectivity index is 1.66. The zero-order valence-electron chi connectivity index (χ0n) is 12.3. The van der Waals surface area contributed by atoms with Crippen LogP contribution in [0.3, 0.4) is 0 Å². The Labute approximate surface area is 120 Å². The van der Waals surface area contributed by atoms with Crippen LogP contribution in [-0.2, 0) is 11.3 Å². The number of likely N-dealkylation sites (tertiary alicyclic amines) is 2. The minimum absolute atomic E-state index is 0.143. The highest BCUT2D eigenvalue weighted by Crippen LogP contribution is 2.39. The SMILES string of the molecule is CCN1C(=O)CC[C@@]12CCCN(Cc1ccco1)CC2. The lowest BCUT2D eigenvalue weighted by atomic mass is 9.88. The standard InChI is InChI=1S/C16H24N2O2/c1-2-18-15(19)6-8-16(18)7-4-10-17(11-9-16)13-14-5-3-12-20-14/h3,5,12H,2,4,6-11,13H2,1H3/t16-/m1/s1. The Bertz CT molecular complexity index is 457. The summed E-state index contributed by atoms with van der Waals surface area (Å²) < 4.78 is 5.45. The van der Waals surface area contributed by atoms with Gasteiger partial charge in [-0.05, 0) is 51.3 Å². The molecule has 0 bridgehead atoms. The first-order valence-corrected chi connectivity index (χ1v) is 7.79. The van der Waals surface area contributed by atoms with E-state index in [9.17, 15) is 4.79 Å². The van der Waals surface area contributed by atoms with Crippen molar-refractivity contribution in [3.05, 3.63) is 24.2 Å². The van der Waals surface area contributed by atoms with Crippen LogP contribution in [0.2, 0.25) is 0 Å². The van der Waals surface area contributed by atoms with E-state index in [0.717, 1.165) is 57.6 Å². The second-order valence-electron chi connectivity index (χ2n) is 6.07. The molecule has 4 nitrogen and oxygen atoms in total. The van der Waals surface area contributed by atoms with Gasteiger partial charge in [-0.3, -0.25) is 9.69 Å². The van der Waals surface area contributed by atoms with Crippen LogP contribution in [0.5, 0.6) is 0 Å². The average molecular weight is 276 g/mol. The Hall–Kier alpha value is -1.29. The molecule has 2 saturated heterocycles. The van der Waals surface area contributed by atoms with Gasteiger partial charge in [0.1, 0.15) is 5.76 Å². The highest BCUT2D eigenvalue weighted by Gasteiger charge is 2.44. The quantitative estimate of drug-likeness (QED) is 0.851. The number of amides is 1. The number of furan rings is 1. The molecule has 2 aliphatic heterocycles. The first-order valence-electron chi connectivity index (χ1n) is 7.79. The lowest BCUT2D eigenvalue weighted by Crippen LogP contribution is -2.46. The minimum Gasteiger partial charge on any atom is -0.468 e. The van der Waals surface area contributed by atoms with E-state index >= 15 is 0 Å². The summed E-state index contributed by atoms with van der Waals surface area (Å²) in [5.41, 5.74) is 0.143. The van der Waals surface area contributed by atoms with Crippen LogP contribution in [0, 0.1) is 0 Å². The molecule has 1 amide bonds. The van der Waals surface area contributed by atoms with Gasteiger partial charge in [0.2, 0.25) is 5.91 Å². The lowest BCUT2D eigenvalue weighted by molar-refractivity contribution is -0.131. The predicted molar refractivity (Wildman–Crippen MR) is 77.2 cm³/mol. The topological polar surface area (TPSA) is 36.7 Å². The van der Waals surface area contributed by atoms with Gasteiger partial charge >= 0.3 is 0 Å². The Morgan fingerprint density at radius 2 is 2.20 bits per heavy atom. The molecule has 0 saturated carbocycles. The normalized spacial score (nSPS) is 28.2. The summed E-state index contributed by atoms with van der Waals surface area (Å²) in [4.78, 5) is 16.6. The molecule has 1 spiro atoms. The maximum Gasteiger partial charge on any atom is 0.223 e. The number of hydrogen-bond donors (Lipinski definition) is 0. The number of rotatable bonds is 3. The summed E-state index contributed by atoms with van der Waals surface area (Å²) in [6.07, 6.45) is 6.96. The summed E-state index contributed by atoms with van der Waals surface area (Å²) in [6.45, 7) is 6.02. The molecule has 0 radical (unpaired) electrons. The van der Waals surface area contributed by atoms with Crippen LogP contribution in [0.1, 0.15) is 44.8 Å². The molecule has 1 atom stereocenters. The molecule has 4 heteroatoms. The molecule has 3 heterocycles. The van der Waals surface area contributed by atoms with Gasteiger partial charge in [-0.15, -0.1) is 0 Å². The molecule has 3 rings (SSSR count). The summed E-state index contributed by atoms with van der Waals surface area (Å²) in [6, 6.07) is 3.99. The molecule has 0 aliphatic carbocycles. The van der Waals surface area contributed by atoms with E-state index in [1.807, 2.05) is 12.1 Å². The maximum atomic E-state index is 12.0. The van der Waals surface area contributed by atoms with E-state index in [1.165, 1.54) is 6.42 Å². The van der Waals surface area contributed by atoms with Crippen molar-refractivity contribution in [3.63, 3.8) is 0 Å². The summed E-state index contributed by atoms with van der Waals surface area (Å²) in [7, 11) is 0. The van der Waals surface area contributed by atoms with Crippen LogP contribution in [0.15, 0.2) is 22.8 Å². The molecule has 20 heavy (non-hydrogen) atoms. The van der Waals surface area contributed by atoms with E-state index in [0.29, 0.717) is 5.91 Å². The van der Waals surface area contributed by atoms with Gasteiger partial charge < -0.3 is 9.32 Å². The van der Waals surface area contributed by atoms with Crippen molar-refractivity contribution in [3.8, 4) is 0 Å². The fourth-order valence-corrected chi connectivity index (χ4v) is 3.92. The van der Waals surface area contributed by atoms with Gasteiger partial charge in [-0.2, -0.15) is 0 Å². The van der Waals surface area contributed by atoms with Crippen molar-refractivity contribution < 1.29 is 9.21 Å². The third kappa shape index (κ3) is 2.49. The van der Waals surface area contributed by atoms with Crippen molar-refractivity contribution in [2.75, 3.05) is 19.6 Å². The van der Waals surface area contributed by atoms with Gasteiger partial charge in [0.05, 0.1) is 12.8 Å². The molecule has 0 N–H and O–H groups in total. The molecule has 1 aromatic rings. The van der Waals surface area contributed by atoms with Crippen molar-refractivity contribution in [1.29, 1.82) is 0 Å². The zero-order chi connectivity index (χ0) is 14.0. The fourth-order valence-electron chi connectivity index (χ4n) is 3.92. The van der Waals surface area contributed by atoms with Gasteiger partial charge in [-0.25, -0.2) is 0 Å². The first kappa shape index (κ1) is 13.7. The molecule has 1 aromatic heterocycles. The zero-order valence-corrected chi connectivity index (χ0v) is 12.3. The molecule has 0 unspecified atom stereocenters. The highest BCUT2D eigenvalue weighted by atomic mass is 16.3. The van der Waals surface area contributed by atoms with Crippen LogP contribution < -0.4 is 0 Å². The van der Waals surface area contributed by atoms with E-state index < -0.39 is 0 Å². The minimum atomic E-state index is 0.143.